The molecule has 1 heterocycles. The van der Waals surface area contributed by atoms with Crippen LogP contribution in [-0.2, 0) is 19.1 Å². The van der Waals surface area contributed by atoms with Crippen molar-refractivity contribution in [1.29, 1.82) is 0 Å². The van der Waals surface area contributed by atoms with Crippen molar-refractivity contribution < 1.29 is 23.5 Å². The Bertz CT molecular complexity index is 738. The first-order valence-corrected chi connectivity index (χ1v) is 8.97. The third-order valence-electron chi connectivity index (χ3n) is 4.87. The van der Waals surface area contributed by atoms with Crippen LogP contribution in [-0.4, -0.2) is 50.1 Å². The Morgan fingerprint density at radius 3 is 2.74 bits per heavy atom. The van der Waals surface area contributed by atoms with Gasteiger partial charge in [0, 0.05) is 12.2 Å². The van der Waals surface area contributed by atoms with Crippen molar-refractivity contribution in [3.8, 4) is 0 Å². The van der Waals surface area contributed by atoms with Gasteiger partial charge in [-0.15, -0.1) is 0 Å². The van der Waals surface area contributed by atoms with E-state index in [4.69, 9.17) is 10.5 Å². The van der Waals surface area contributed by atoms with Crippen molar-refractivity contribution in [2.75, 3.05) is 36.5 Å². The second-order valence-electron chi connectivity index (χ2n) is 6.79. The largest absolute Gasteiger partial charge is 0.370 e. The van der Waals surface area contributed by atoms with Gasteiger partial charge in [0.15, 0.2) is 6.04 Å². The molecule has 1 aromatic carbocycles. The summed E-state index contributed by atoms with van der Waals surface area (Å²) in [6, 6.07) is 2.81. The molecule has 146 valence electrons. The summed E-state index contributed by atoms with van der Waals surface area (Å²) in [6.07, 6.45) is 3.27. The van der Waals surface area contributed by atoms with E-state index in [1.165, 1.54) is 17.0 Å². The molecule has 3 rings (SSSR count). The molecule has 1 atom stereocenters. The van der Waals surface area contributed by atoms with Gasteiger partial charge in [0.1, 0.15) is 12.4 Å². The summed E-state index contributed by atoms with van der Waals surface area (Å²) >= 11 is 0. The smallest absolute Gasteiger partial charge is 0.253 e. The molecule has 1 aliphatic heterocycles. The van der Waals surface area contributed by atoms with Gasteiger partial charge in [-0.05, 0) is 43.5 Å². The van der Waals surface area contributed by atoms with Crippen LogP contribution >= 0.6 is 0 Å². The second-order valence-corrected chi connectivity index (χ2v) is 6.79. The molecular formula is C18H23FN4O4. The number of ether oxygens (including phenoxy) is 1. The zero-order chi connectivity index (χ0) is 19.4. The molecule has 4 N–H and O–H groups in total. The van der Waals surface area contributed by atoms with Crippen LogP contribution in [0.5, 0.6) is 0 Å². The van der Waals surface area contributed by atoms with Crippen LogP contribution in [0.1, 0.15) is 19.3 Å². The number of nitrogens with zero attached hydrogens (tertiary/aromatic N) is 1. The lowest BCUT2D eigenvalue weighted by Crippen LogP contribution is -2.51. The molecular weight excluding hydrogens is 355 g/mol. The third-order valence-corrected chi connectivity index (χ3v) is 4.87. The number of rotatable bonds is 7. The van der Waals surface area contributed by atoms with Gasteiger partial charge in [-0.3, -0.25) is 19.7 Å². The monoisotopic (exact) mass is 378 g/mol. The number of nitrogens with one attached hydrogen (secondary N) is 2. The topological polar surface area (TPSA) is 114 Å². The minimum atomic E-state index is -1.19. The predicted molar refractivity (Wildman–Crippen MR) is 96.5 cm³/mol. The molecule has 0 bridgehead atoms. The summed E-state index contributed by atoms with van der Waals surface area (Å²) in [5.41, 5.74) is 5.61. The summed E-state index contributed by atoms with van der Waals surface area (Å²) in [6.45, 7) is 1.03. The van der Waals surface area contributed by atoms with Crippen LogP contribution in [0.25, 0.3) is 0 Å². The minimum absolute atomic E-state index is 0.0924. The molecule has 0 unspecified atom stereocenters. The number of halogens is 1. The van der Waals surface area contributed by atoms with Crippen LogP contribution in [0, 0.1) is 11.7 Å². The zero-order valence-corrected chi connectivity index (χ0v) is 14.9. The number of carbonyl (C=O) groups excluding carboxylic acids is 3. The minimum Gasteiger partial charge on any atom is -0.370 e. The Morgan fingerprint density at radius 2 is 2.15 bits per heavy atom. The van der Waals surface area contributed by atoms with Crippen molar-refractivity contribution in [2.45, 2.75) is 25.3 Å². The number of anilines is 2. The first kappa shape index (κ1) is 19.2. The van der Waals surface area contributed by atoms with Crippen LogP contribution in [0.15, 0.2) is 18.2 Å². The average Bonchev–Trinajstić information content (AvgIpc) is 2.57. The molecule has 1 aromatic rings. The van der Waals surface area contributed by atoms with Gasteiger partial charge < -0.3 is 20.7 Å². The van der Waals surface area contributed by atoms with E-state index in [1.807, 2.05) is 0 Å². The van der Waals surface area contributed by atoms with Gasteiger partial charge in [-0.2, -0.15) is 0 Å². The van der Waals surface area contributed by atoms with Gasteiger partial charge in [0.25, 0.3) is 11.8 Å². The number of benzene rings is 1. The van der Waals surface area contributed by atoms with Crippen molar-refractivity contribution in [3.05, 3.63) is 24.0 Å². The van der Waals surface area contributed by atoms with Gasteiger partial charge in [0.05, 0.1) is 12.3 Å². The molecule has 1 aliphatic carbocycles. The number of nitrogens with two attached hydrogens (primary N) is 1. The molecule has 3 amide bonds. The van der Waals surface area contributed by atoms with Crippen molar-refractivity contribution in [3.63, 3.8) is 0 Å². The van der Waals surface area contributed by atoms with E-state index in [-0.39, 0.29) is 30.4 Å². The van der Waals surface area contributed by atoms with Crippen molar-refractivity contribution >= 4 is 29.1 Å². The summed E-state index contributed by atoms with van der Waals surface area (Å²) in [4.78, 5) is 37.1. The maximum atomic E-state index is 14.4. The molecule has 9 heteroatoms. The van der Waals surface area contributed by atoms with E-state index in [0.717, 1.165) is 25.3 Å². The lowest BCUT2D eigenvalue weighted by molar-refractivity contribution is -0.128. The predicted octanol–water partition coefficient (Wildman–Crippen LogP) is 0.371. The van der Waals surface area contributed by atoms with Gasteiger partial charge in [-0.1, -0.05) is 6.42 Å². The molecule has 0 aromatic heterocycles. The van der Waals surface area contributed by atoms with E-state index in [9.17, 15) is 18.8 Å². The Kier molecular flexibility index (Phi) is 6.02. The second kappa shape index (κ2) is 8.45. The first-order chi connectivity index (χ1) is 13.0. The summed E-state index contributed by atoms with van der Waals surface area (Å²) in [5.74, 6) is -1.96. The van der Waals surface area contributed by atoms with E-state index in [0.29, 0.717) is 19.1 Å². The maximum Gasteiger partial charge on any atom is 0.253 e. The number of hydrogen-bond donors (Lipinski definition) is 3. The molecule has 2 aliphatic rings. The Labute approximate surface area is 156 Å². The van der Waals surface area contributed by atoms with E-state index in [1.54, 1.807) is 0 Å². The number of amides is 3. The zero-order valence-electron chi connectivity index (χ0n) is 14.9. The number of morpholine rings is 1. The highest BCUT2D eigenvalue weighted by molar-refractivity contribution is 6.09. The fourth-order valence-corrected chi connectivity index (χ4v) is 3.09. The normalized spacial score (nSPS) is 18.7. The third kappa shape index (κ3) is 4.61. The highest BCUT2D eigenvalue weighted by Gasteiger charge is 2.27. The van der Waals surface area contributed by atoms with Crippen LogP contribution in [0.4, 0.5) is 15.8 Å². The average molecular weight is 378 g/mol. The number of carbonyl (C=O) groups is 3. The maximum absolute atomic E-state index is 14.4. The lowest BCUT2D eigenvalue weighted by Gasteiger charge is -2.28. The molecule has 2 fully saturated rings. The van der Waals surface area contributed by atoms with Crippen LogP contribution in [0.2, 0.25) is 0 Å². The lowest BCUT2D eigenvalue weighted by atomic mass is 9.85. The fraction of sp³-hybridized carbons (Fsp3) is 0.500. The highest BCUT2D eigenvalue weighted by atomic mass is 19.1. The van der Waals surface area contributed by atoms with Gasteiger partial charge >= 0.3 is 0 Å². The Morgan fingerprint density at radius 1 is 1.37 bits per heavy atom. The summed E-state index contributed by atoms with van der Waals surface area (Å²) in [5, 5.41) is 5.37. The molecule has 1 saturated carbocycles. The van der Waals surface area contributed by atoms with Gasteiger partial charge in [-0.25, -0.2) is 4.39 Å². The van der Waals surface area contributed by atoms with Crippen LogP contribution in [0.3, 0.4) is 0 Å². The van der Waals surface area contributed by atoms with E-state index >= 15 is 0 Å². The van der Waals surface area contributed by atoms with Crippen LogP contribution < -0.4 is 21.3 Å². The molecule has 27 heavy (non-hydrogen) atoms. The summed E-state index contributed by atoms with van der Waals surface area (Å²) < 4.78 is 19.5. The first-order valence-electron chi connectivity index (χ1n) is 8.97. The quantitative estimate of drug-likeness (QED) is 0.593. The molecule has 1 saturated heterocycles. The van der Waals surface area contributed by atoms with Crippen molar-refractivity contribution in [1.82, 2.24) is 5.32 Å². The number of hydrogen-bond acceptors (Lipinski definition) is 5. The fourth-order valence-electron chi connectivity index (χ4n) is 3.09. The Balaban J connectivity index is 1.64. The van der Waals surface area contributed by atoms with E-state index < -0.39 is 23.7 Å². The molecule has 0 radical (unpaired) electrons. The highest BCUT2D eigenvalue weighted by Crippen LogP contribution is 2.26. The SMILES string of the molecule is NC(=O)[C@H](NCC1CCC1)C(=O)Nc1ccc(N2CCOCC2=O)c(F)c1. The standard InChI is InChI=1S/C18H23FN4O4/c19-13-8-12(4-5-14(13)23-6-7-27-10-15(23)24)22-18(26)16(17(20)25)21-9-11-2-1-3-11/h4-5,8,11,16,21H,1-3,6-7,9-10H2,(H2,20,25)(H,22,26)/t16-/m0/s1. The molecule has 0 spiro atoms. The molecule has 8 nitrogen and oxygen atoms in total. The van der Waals surface area contributed by atoms with Gasteiger partial charge in [0.2, 0.25) is 5.91 Å². The van der Waals surface area contributed by atoms with E-state index in [2.05, 4.69) is 10.6 Å². The Hall–Kier alpha value is -2.52. The number of primary amides is 1. The summed E-state index contributed by atoms with van der Waals surface area (Å²) in [7, 11) is 0. The van der Waals surface area contributed by atoms with Crippen molar-refractivity contribution in [2.24, 2.45) is 11.7 Å².